The van der Waals surface area contributed by atoms with Crippen LogP contribution >= 0.6 is 30.4 Å². The number of nitrogens with zero attached hydrogens (tertiary/aromatic N) is 2. The molecule has 1 aromatic heterocycles. The molecule has 1 rings (SSSR count). The van der Waals surface area contributed by atoms with E-state index in [1.807, 2.05) is 0 Å². The fourth-order valence-electron chi connectivity index (χ4n) is 2.13. The van der Waals surface area contributed by atoms with Crippen LogP contribution in [0.1, 0.15) is 5.69 Å². The van der Waals surface area contributed by atoms with Crippen LogP contribution in [-0.2, 0) is 24.8 Å². The number of hydrogen-bond acceptors (Lipinski definition) is 6. The van der Waals surface area contributed by atoms with Crippen molar-refractivity contribution in [2.24, 2.45) is 0 Å². The van der Waals surface area contributed by atoms with E-state index in [4.69, 9.17) is 0 Å². The summed E-state index contributed by atoms with van der Waals surface area (Å²) in [6, 6.07) is 3.87. The molecule has 0 fully saturated rings. The average Bonchev–Trinajstić information content (AvgIpc) is 2.32. The van der Waals surface area contributed by atoms with Crippen LogP contribution in [0.2, 0.25) is 0 Å². The minimum atomic E-state index is -5.84. The van der Waals surface area contributed by atoms with Gasteiger partial charge in [0, 0.05) is 12.7 Å². The predicted molar refractivity (Wildman–Crippen MR) is 85.5 cm³/mol. The number of pyridine rings is 1. The first-order valence-corrected chi connectivity index (χ1v) is 13.0. The molecule has 18 heteroatoms. The smallest absolute Gasteiger partial charge is 0.323 e. The van der Waals surface area contributed by atoms with Gasteiger partial charge in [-0.1, -0.05) is 6.07 Å². The summed E-state index contributed by atoms with van der Waals surface area (Å²) in [4.78, 5) is 77.7. The summed E-state index contributed by atoms with van der Waals surface area (Å²) in [5.41, 5.74) is -6.66. The molecular weight excluding hydrogens is 440 g/mol. The van der Waals surface area contributed by atoms with E-state index in [1.54, 1.807) is 0 Å². The zero-order chi connectivity index (χ0) is 20.6. The van der Waals surface area contributed by atoms with Crippen molar-refractivity contribution in [3.05, 3.63) is 30.1 Å². The van der Waals surface area contributed by atoms with Crippen molar-refractivity contribution in [2.75, 3.05) is 0 Å². The summed E-state index contributed by atoms with van der Waals surface area (Å²) in [5.74, 6) is 0. The average molecular weight is 456 g/mol. The van der Waals surface area contributed by atoms with E-state index in [0.29, 0.717) is 0 Å². The Balaban J connectivity index is 3.70. The molecule has 0 saturated heterocycles. The standard InChI is InChI=1S/C8H16N2O12P4/c11-23(12,13)7(24(14,15)16)10(5-6-3-1-2-4-9-6)8(25(17,18)19)26(20,21)22/h1-4,7-8H,5H2,(H2,11,12,13)(H2,14,15,16)(H2,17,18,19)(H2,20,21,22). The third kappa shape index (κ3) is 6.40. The van der Waals surface area contributed by atoms with Gasteiger partial charge in [-0.05, 0) is 12.1 Å². The minimum Gasteiger partial charge on any atom is -0.323 e. The van der Waals surface area contributed by atoms with Gasteiger partial charge in [0.25, 0.3) is 0 Å². The lowest BCUT2D eigenvalue weighted by Crippen LogP contribution is -2.42. The van der Waals surface area contributed by atoms with E-state index in [1.165, 1.54) is 12.1 Å². The van der Waals surface area contributed by atoms with Crippen molar-refractivity contribution < 1.29 is 57.4 Å². The molecule has 0 saturated carbocycles. The molecule has 0 unspecified atom stereocenters. The van der Waals surface area contributed by atoms with Gasteiger partial charge in [0.05, 0.1) is 5.69 Å². The van der Waals surface area contributed by atoms with E-state index in [-0.39, 0.29) is 10.6 Å². The van der Waals surface area contributed by atoms with Gasteiger partial charge in [-0.3, -0.25) is 23.2 Å². The highest BCUT2D eigenvalue weighted by molar-refractivity contribution is 7.72. The highest BCUT2D eigenvalue weighted by atomic mass is 31.2. The van der Waals surface area contributed by atoms with Crippen LogP contribution in [0.4, 0.5) is 0 Å². The maximum Gasteiger partial charge on any atom is 0.355 e. The van der Waals surface area contributed by atoms with Crippen LogP contribution < -0.4 is 0 Å². The minimum absolute atomic E-state index is 0.216. The summed E-state index contributed by atoms with van der Waals surface area (Å²) >= 11 is 0. The summed E-state index contributed by atoms with van der Waals surface area (Å²) in [7, 11) is -23.3. The number of hydrogen-bond donors (Lipinski definition) is 8. The monoisotopic (exact) mass is 456 g/mol. The zero-order valence-corrected chi connectivity index (χ0v) is 16.1. The summed E-state index contributed by atoms with van der Waals surface area (Å²) in [6.07, 6.45) is 1.14. The first-order valence-electron chi connectivity index (χ1n) is 6.32. The van der Waals surface area contributed by atoms with Crippen LogP contribution in [0.5, 0.6) is 0 Å². The SMILES string of the molecule is O=P(O)(O)C(N(Cc1ccccn1)C(P(=O)(O)O)P(=O)(O)O)P(=O)(O)O. The lowest BCUT2D eigenvalue weighted by Gasteiger charge is -2.37. The third-order valence-corrected chi connectivity index (χ3v) is 10.1. The summed E-state index contributed by atoms with van der Waals surface area (Å²) in [6.45, 7) is -1.08. The Bertz CT molecular complexity index is 716. The molecule has 1 aromatic rings. The lowest BCUT2D eigenvalue weighted by atomic mass is 10.3. The molecule has 0 atom stereocenters. The summed E-state index contributed by atoms with van der Waals surface area (Å²) in [5, 5.41) is 0. The van der Waals surface area contributed by atoms with Gasteiger partial charge in [0.15, 0.2) is 0 Å². The molecule has 0 aliphatic heterocycles. The molecule has 26 heavy (non-hydrogen) atoms. The second-order valence-electron chi connectivity index (χ2n) is 5.04. The van der Waals surface area contributed by atoms with Gasteiger partial charge in [-0.15, -0.1) is 0 Å². The Kier molecular flexibility index (Phi) is 7.29. The van der Waals surface area contributed by atoms with E-state index in [0.717, 1.165) is 12.3 Å². The van der Waals surface area contributed by atoms with Gasteiger partial charge in [0.2, 0.25) is 11.0 Å². The molecule has 8 N–H and O–H groups in total. The second-order valence-corrected chi connectivity index (χ2v) is 12.5. The Morgan fingerprint density at radius 2 is 1.15 bits per heavy atom. The number of aromatic nitrogens is 1. The van der Waals surface area contributed by atoms with Gasteiger partial charge in [-0.2, -0.15) is 0 Å². The molecule has 0 radical (unpaired) electrons. The maximum absolute atomic E-state index is 11.6. The molecular formula is C8H16N2O12P4. The molecule has 14 nitrogen and oxygen atoms in total. The van der Waals surface area contributed by atoms with Crippen LogP contribution in [0.25, 0.3) is 0 Å². The zero-order valence-electron chi connectivity index (χ0n) is 12.6. The van der Waals surface area contributed by atoms with Crippen LogP contribution in [-0.4, -0.2) is 60.1 Å². The second kappa shape index (κ2) is 7.98. The van der Waals surface area contributed by atoms with Crippen LogP contribution in [0, 0.1) is 0 Å². The first-order chi connectivity index (χ1) is 11.5. The summed E-state index contributed by atoms with van der Waals surface area (Å²) < 4.78 is 46.4. The van der Waals surface area contributed by atoms with Crippen molar-refractivity contribution in [3.63, 3.8) is 0 Å². The maximum atomic E-state index is 11.6. The quantitative estimate of drug-likeness (QED) is 0.222. The van der Waals surface area contributed by atoms with E-state index in [2.05, 4.69) is 4.98 Å². The predicted octanol–water partition coefficient (Wildman–Crippen LogP) is -0.838. The van der Waals surface area contributed by atoms with E-state index < -0.39 is 48.0 Å². The van der Waals surface area contributed by atoms with Crippen LogP contribution in [0.15, 0.2) is 24.4 Å². The first kappa shape index (κ1) is 23.7. The lowest BCUT2D eigenvalue weighted by molar-refractivity contribution is 0.193. The topological polar surface area (TPSA) is 246 Å². The fraction of sp³-hybridized carbons (Fsp3) is 0.375. The van der Waals surface area contributed by atoms with E-state index >= 15 is 0 Å². The van der Waals surface area contributed by atoms with Crippen molar-refractivity contribution in [1.82, 2.24) is 9.88 Å². The molecule has 150 valence electrons. The Labute approximate surface area is 146 Å². The molecule has 0 bridgehead atoms. The van der Waals surface area contributed by atoms with Gasteiger partial charge >= 0.3 is 30.4 Å². The highest BCUT2D eigenvalue weighted by Crippen LogP contribution is 2.69. The van der Waals surface area contributed by atoms with Gasteiger partial charge < -0.3 is 39.1 Å². The largest absolute Gasteiger partial charge is 0.355 e. The fourth-order valence-corrected chi connectivity index (χ4v) is 8.09. The number of rotatable bonds is 8. The van der Waals surface area contributed by atoms with Crippen molar-refractivity contribution in [1.29, 1.82) is 0 Å². The van der Waals surface area contributed by atoms with E-state index in [9.17, 15) is 57.4 Å². The molecule has 0 amide bonds. The van der Waals surface area contributed by atoms with Gasteiger partial charge in [-0.25, -0.2) is 4.90 Å². The van der Waals surface area contributed by atoms with Crippen molar-refractivity contribution >= 4 is 30.4 Å². The van der Waals surface area contributed by atoms with Gasteiger partial charge in [0.1, 0.15) is 0 Å². The Morgan fingerprint density at radius 1 is 0.769 bits per heavy atom. The third-order valence-electron chi connectivity index (χ3n) is 2.87. The Hall–Kier alpha value is -0.290. The molecule has 0 aromatic carbocycles. The molecule has 0 aliphatic rings. The molecule has 0 aliphatic carbocycles. The highest BCUT2D eigenvalue weighted by Gasteiger charge is 2.58. The Morgan fingerprint density at radius 3 is 1.42 bits per heavy atom. The van der Waals surface area contributed by atoms with Crippen molar-refractivity contribution in [2.45, 2.75) is 17.6 Å². The normalized spacial score (nSPS) is 14.4. The molecule has 0 spiro atoms. The van der Waals surface area contributed by atoms with Crippen LogP contribution in [0.3, 0.4) is 0 Å². The molecule has 1 heterocycles. The van der Waals surface area contributed by atoms with Crippen molar-refractivity contribution in [3.8, 4) is 0 Å².